The third-order valence-electron chi connectivity index (χ3n) is 3.41. The van der Waals surface area contributed by atoms with E-state index >= 15 is 0 Å². The maximum Gasteiger partial charge on any atom is 0.223 e. The molecular weight excluding hydrogens is 226 g/mol. The first kappa shape index (κ1) is 11.0. The number of nitrogens with zero attached hydrogens (tertiary/aromatic N) is 2. The van der Waals surface area contributed by atoms with E-state index < -0.39 is 0 Å². The number of rotatable bonds is 3. The Kier molecular flexibility index (Phi) is 2.63. The second-order valence-corrected chi connectivity index (χ2v) is 4.73. The molecule has 0 bridgehead atoms. The molecular formula is C14H15N3O. The minimum Gasteiger partial charge on any atom is -0.346 e. The van der Waals surface area contributed by atoms with Crippen molar-refractivity contribution in [3.05, 3.63) is 42.7 Å². The molecule has 0 saturated carbocycles. The third kappa shape index (κ3) is 1.90. The molecule has 3 heterocycles. The first-order chi connectivity index (χ1) is 8.76. The van der Waals surface area contributed by atoms with Crippen molar-refractivity contribution in [2.75, 3.05) is 6.54 Å². The van der Waals surface area contributed by atoms with Gasteiger partial charge in [0, 0.05) is 43.2 Å². The van der Waals surface area contributed by atoms with E-state index in [0.29, 0.717) is 18.9 Å². The van der Waals surface area contributed by atoms with Crippen LogP contribution in [-0.2, 0) is 11.3 Å². The van der Waals surface area contributed by atoms with Crippen LogP contribution in [0, 0.1) is 5.92 Å². The minimum absolute atomic E-state index is 0.203. The van der Waals surface area contributed by atoms with E-state index in [1.54, 1.807) is 0 Å². The van der Waals surface area contributed by atoms with Crippen LogP contribution in [0.1, 0.15) is 12.0 Å². The summed E-state index contributed by atoms with van der Waals surface area (Å²) in [5, 5.41) is 1.08. The third-order valence-corrected chi connectivity index (χ3v) is 3.41. The number of amides is 1. The van der Waals surface area contributed by atoms with Crippen molar-refractivity contribution in [3.8, 4) is 0 Å². The molecule has 2 aromatic rings. The molecule has 1 amide bonds. The Morgan fingerprint density at radius 1 is 1.61 bits per heavy atom. The molecule has 1 unspecified atom stereocenters. The summed E-state index contributed by atoms with van der Waals surface area (Å²) >= 11 is 0. The van der Waals surface area contributed by atoms with Crippen molar-refractivity contribution in [1.82, 2.24) is 14.9 Å². The van der Waals surface area contributed by atoms with Crippen LogP contribution < -0.4 is 0 Å². The Hall–Kier alpha value is -2.10. The van der Waals surface area contributed by atoms with Gasteiger partial charge < -0.3 is 9.88 Å². The molecule has 1 saturated heterocycles. The number of H-pyrrole nitrogens is 1. The van der Waals surface area contributed by atoms with Crippen LogP contribution in [0.4, 0.5) is 0 Å². The minimum atomic E-state index is 0.203. The molecule has 0 aliphatic carbocycles. The second-order valence-electron chi connectivity index (χ2n) is 4.73. The lowest BCUT2D eigenvalue weighted by molar-refractivity contribution is -0.128. The van der Waals surface area contributed by atoms with E-state index in [2.05, 4.69) is 22.6 Å². The number of hydrogen-bond donors (Lipinski definition) is 1. The molecule has 1 atom stereocenters. The highest BCUT2D eigenvalue weighted by Gasteiger charge is 2.27. The van der Waals surface area contributed by atoms with Gasteiger partial charge in [0.15, 0.2) is 0 Å². The number of hydrogen-bond acceptors (Lipinski definition) is 2. The van der Waals surface area contributed by atoms with Gasteiger partial charge in [-0.05, 0) is 17.7 Å². The number of likely N-dealkylation sites (tertiary alicyclic amines) is 1. The van der Waals surface area contributed by atoms with E-state index in [1.165, 1.54) is 0 Å². The summed E-state index contributed by atoms with van der Waals surface area (Å²) in [6, 6.07) is 4.07. The van der Waals surface area contributed by atoms with Gasteiger partial charge in [-0.15, -0.1) is 6.58 Å². The van der Waals surface area contributed by atoms with Crippen molar-refractivity contribution >= 4 is 16.9 Å². The van der Waals surface area contributed by atoms with Gasteiger partial charge in [0.25, 0.3) is 0 Å². The van der Waals surface area contributed by atoms with Crippen LogP contribution in [0.5, 0.6) is 0 Å². The average molecular weight is 241 g/mol. The van der Waals surface area contributed by atoms with Crippen molar-refractivity contribution in [1.29, 1.82) is 0 Å². The Morgan fingerprint density at radius 2 is 2.50 bits per heavy atom. The number of nitrogens with one attached hydrogen (secondary N) is 1. The molecule has 2 aromatic heterocycles. The molecule has 1 aliphatic rings. The van der Waals surface area contributed by atoms with Crippen LogP contribution >= 0.6 is 0 Å². The number of carbonyl (C=O) groups excluding carboxylic acids is 1. The molecule has 18 heavy (non-hydrogen) atoms. The Bertz CT molecular complexity index is 602. The van der Waals surface area contributed by atoms with Gasteiger partial charge in [0.05, 0.1) is 0 Å². The Morgan fingerprint density at radius 3 is 3.28 bits per heavy atom. The largest absolute Gasteiger partial charge is 0.346 e. The van der Waals surface area contributed by atoms with Crippen LogP contribution in [0.3, 0.4) is 0 Å². The van der Waals surface area contributed by atoms with Crippen molar-refractivity contribution < 1.29 is 4.79 Å². The van der Waals surface area contributed by atoms with Gasteiger partial charge >= 0.3 is 0 Å². The van der Waals surface area contributed by atoms with Crippen LogP contribution in [0.25, 0.3) is 11.0 Å². The number of pyridine rings is 1. The van der Waals surface area contributed by atoms with Crippen LogP contribution in [0.2, 0.25) is 0 Å². The summed E-state index contributed by atoms with van der Waals surface area (Å²) in [5.74, 6) is 0.496. The van der Waals surface area contributed by atoms with Crippen LogP contribution in [-0.4, -0.2) is 27.3 Å². The number of aromatic amines is 1. The molecule has 4 nitrogen and oxygen atoms in total. The topological polar surface area (TPSA) is 49.0 Å². The summed E-state index contributed by atoms with van der Waals surface area (Å²) in [4.78, 5) is 21.1. The van der Waals surface area contributed by atoms with E-state index in [9.17, 15) is 4.79 Å². The predicted octanol–water partition coefficient (Wildman–Crippen LogP) is 2.10. The molecule has 0 radical (unpaired) electrons. The number of fused-ring (bicyclic) bond motifs is 1. The van der Waals surface area contributed by atoms with Gasteiger partial charge in [-0.3, -0.25) is 4.79 Å². The monoisotopic (exact) mass is 241 g/mol. The standard InChI is InChI=1S/C14H15N3O/c1-2-10-6-13(18)17(8-10)9-11-5-12-3-4-15-14(12)16-7-11/h2-5,7,10H,1,6,8-9H2,(H,15,16). The fraction of sp³-hybridized carbons (Fsp3) is 0.286. The fourth-order valence-corrected chi connectivity index (χ4v) is 2.41. The highest BCUT2D eigenvalue weighted by atomic mass is 16.2. The van der Waals surface area contributed by atoms with Gasteiger partial charge in [-0.2, -0.15) is 0 Å². The molecule has 0 spiro atoms. The lowest BCUT2D eigenvalue weighted by Gasteiger charge is -2.15. The Labute approximate surface area is 105 Å². The maximum atomic E-state index is 11.8. The quantitative estimate of drug-likeness (QED) is 0.836. The zero-order valence-corrected chi connectivity index (χ0v) is 10.1. The van der Waals surface area contributed by atoms with Crippen molar-refractivity contribution in [2.24, 2.45) is 5.92 Å². The molecule has 0 aromatic carbocycles. The number of aromatic nitrogens is 2. The van der Waals surface area contributed by atoms with E-state index in [4.69, 9.17) is 0 Å². The molecule has 3 rings (SSSR count). The first-order valence-corrected chi connectivity index (χ1v) is 6.08. The first-order valence-electron chi connectivity index (χ1n) is 6.08. The fourth-order valence-electron chi connectivity index (χ4n) is 2.41. The molecule has 1 N–H and O–H groups in total. The average Bonchev–Trinajstić information content (AvgIpc) is 2.96. The summed E-state index contributed by atoms with van der Waals surface area (Å²) in [6.45, 7) is 5.16. The summed E-state index contributed by atoms with van der Waals surface area (Å²) in [6.07, 6.45) is 6.15. The molecule has 1 aliphatic heterocycles. The van der Waals surface area contributed by atoms with Gasteiger partial charge in [-0.25, -0.2) is 4.98 Å². The smallest absolute Gasteiger partial charge is 0.223 e. The molecule has 92 valence electrons. The normalized spacial score (nSPS) is 19.7. The predicted molar refractivity (Wildman–Crippen MR) is 69.8 cm³/mol. The molecule has 1 fully saturated rings. The molecule has 4 heteroatoms. The highest BCUT2D eigenvalue weighted by Crippen LogP contribution is 2.21. The zero-order valence-electron chi connectivity index (χ0n) is 10.1. The van der Waals surface area contributed by atoms with E-state index in [-0.39, 0.29) is 5.91 Å². The van der Waals surface area contributed by atoms with E-state index in [0.717, 1.165) is 23.1 Å². The van der Waals surface area contributed by atoms with E-state index in [1.807, 2.05) is 29.4 Å². The highest BCUT2D eigenvalue weighted by molar-refractivity contribution is 5.79. The maximum absolute atomic E-state index is 11.8. The summed E-state index contributed by atoms with van der Waals surface area (Å²) < 4.78 is 0. The number of carbonyl (C=O) groups is 1. The SMILES string of the molecule is C=CC1CC(=O)N(Cc2cnc3[nH]ccc3c2)C1. The van der Waals surface area contributed by atoms with Gasteiger partial charge in [0.1, 0.15) is 5.65 Å². The summed E-state index contributed by atoms with van der Waals surface area (Å²) in [5.41, 5.74) is 1.95. The second kappa shape index (κ2) is 4.29. The van der Waals surface area contributed by atoms with Crippen LogP contribution in [0.15, 0.2) is 37.2 Å². The van der Waals surface area contributed by atoms with Crippen molar-refractivity contribution in [2.45, 2.75) is 13.0 Å². The lowest BCUT2D eigenvalue weighted by Crippen LogP contribution is -2.24. The summed E-state index contributed by atoms with van der Waals surface area (Å²) in [7, 11) is 0. The Balaban J connectivity index is 1.79. The lowest BCUT2D eigenvalue weighted by atomic mass is 10.1. The van der Waals surface area contributed by atoms with Gasteiger partial charge in [0.2, 0.25) is 5.91 Å². The van der Waals surface area contributed by atoms with Crippen molar-refractivity contribution in [3.63, 3.8) is 0 Å². The zero-order chi connectivity index (χ0) is 12.5. The van der Waals surface area contributed by atoms with Gasteiger partial charge in [-0.1, -0.05) is 6.08 Å².